The number of hydrogen-bond acceptors (Lipinski definition) is 2. The topological polar surface area (TPSA) is 61.1 Å². The predicted octanol–water partition coefficient (Wildman–Crippen LogP) is 1.98. The Morgan fingerprint density at radius 2 is 2.29 bits per heavy atom. The van der Waals surface area contributed by atoms with E-state index in [4.69, 9.17) is 22.0 Å². The molecule has 0 unspecified atom stereocenters. The molecule has 0 amide bonds. The van der Waals surface area contributed by atoms with Crippen molar-refractivity contribution in [1.29, 1.82) is 5.26 Å². The largest absolute Gasteiger partial charge is 0.481 e. The van der Waals surface area contributed by atoms with Gasteiger partial charge in [-0.05, 0) is 12.1 Å². The van der Waals surface area contributed by atoms with Gasteiger partial charge < -0.3 is 5.11 Å². The van der Waals surface area contributed by atoms with Gasteiger partial charge in [0.2, 0.25) is 0 Å². The first kappa shape index (κ1) is 10.5. The number of aliphatic carboxylic acids is 1. The molecule has 0 aliphatic heterocycles. The van der Waals surface area contributed by atoms with Gasteiger partial charge in [0.25, 0.3) is 0 Å². The Morgan fingerprint density at radius 3 is 2.79 bits per heavy atom. The maximum absolute atomic E-state index is 13.3. The van der Waals surface area contributed by atoms with Crippen LogP contribution in [0, 0.1) is 17.1 Å². The number of halogens is 2. The van der Waals surface area contributed by atoms with Gasteiger partial charge >= 0.3 is 5.97 Å². The molecule has 0 saturated carbocycles. The Kier molecular flexibility index (Phi) is 3.05. The molecule has 0 spiro atoms. The van der Waals surface area contributed by atoms with Crippen LogP contribution in [0.4, 0.5) is 4.39 Å². The zero-order chi connectivity index (χ0) is 10.7. The van der Waals surface area contributed by atoms with Crippen molar-refractivity contribution in [3.63, 3.8) is 0 Å². The van der Waals surface area contributed by atoms with Crippen molar-refractivity contribution in [2.45, 2.75) is 6.42 Å². The third kappa shape index (κ3) is 2.21. The van der Waals surface area contributed by atoms with E-state index >= 15 is 0 Å². The highest BCUT2D eigenvalue weighted by molar-refractivity contribution is 6.30. The molecule has 1 N–H and O–H groups in total. The van der Waals surface area contributed by atoms with Crippen molar-refractivity contribution >= 4 is 17.6 Å². The first-order valence-electron chi connectivity index (χ1n) is 3.64. The molecule has 3 nitrogen and oxygen atoms in total. The van der Waals surface area contributed by atoms with E-state index < -0.39 is 18.2 Å². The van der Waals surface area contributed by atoms with E-state index in [2.05, 4.69) is 0 Å². The van der Waals surface area contributed by atoms with Gasteiger partial charge in [-0.2, -0.15) is 5.26 Å². The fraction of sp³-hybridized carbons (Fsp3) is 0.111. The minimum Gasteiger partial charge on any atom is -0.481 e. The molecule has 0 aliphatic carbocycles. The van der Waals surface area contributed by atoms with E-state index in [9.17, 15) is 9.18 Å². The summed E-state index contributed by atoms with van der Waals surface area (Å²) in [6.07, 6.45) is -0.485. The highest BCUT2D eigenvalue weighted by Gasteiger charge is 2.12. The van der Waals surface area contributed by atoms with Crippen LogP contribution in [-0.4, -0.2) is 11.1 Å². The fourth-order valence-electron chi connectivity index (χ4n) is 1.02. The molecule has 5 heteroatoms. The van der Waals surface area contributed by atoms with E-state index in [1.165, 1.54) is 6.07 Å². The van der Waals surface area contributed by atoms with Gasteiger partial charge in [0, 0.05) is 10.6 Å². The first-order valence-corrected chi connectivity index (χ1v) is 4.02. The Bertz CT molecular complexity index is 426. The zero-order valence-corrected chi connectivity index (χ0v) is 7.68. The lowest BCUT2D eigenvalue weighted by Crippen LogP contribution is -2.03. The fourth-order valence-corrected chi connectivity index (χ4v) is 1.26. The second-order valence-electron chi connectivity index (χ2n) is 2.61. The smallest absolute Gasteiger partial charge is 0.307 e. The maximum Gasteiger partial charge on any atom is 0.307 e. The molecule has 1 aromatic carbocycles. The lowest BCUT2D eigenvalue weighted by Gasteiger charge is -2.02. The summed E-state index contributed by atoms with van der Waals surface area (Å²) in [5.74, 6) is -1.99. The summed E-state index contributed by atoms with van der Waals surface area (Å²) >= 11 is 5.57. The van der Waals surface area contributed by atoms with E-state index in [1.54, 1.807) is 6.07 Å². The van der Waals surface area contributed by atoms with Crippen LogP contribution in [-0.2, 0) is 11.2 Å². The normalized spacial score (nSPS) is 9.50. The van der Waals surface area contributed by atoms with Crippen molar-refractivity contribution in [3.8, 4) is 6.07 Å². The second-order valence-corrected chi connectivity index (χ2v) is 3.05. The van der Waals surface area contributed by atoms with Crippen LogP contribution in [0.3, 0.4) is 0 Å². The molecular formula is C9H5ClFNO2. The molecule has 0 fully saturated rings. The van der Waals surface area contributed by atoms with E-state index in [0.717, 1.165) is 6.07 Å². The predicted molar refractivity (Wildman–Crippen MR) is 47.5 cm³/mol. The summed E-state index contributed by atoms with van der Waals surface area (Å²) in [7, 11) is 0. The van der Waals surface area contributed by atoms with Crippen LogP contribution < -0.4 is 0 Å². The van der Waals surface area contributed by atoms with Gasteiger partial charge in [-0.3, -0.25) is 4.79 Å². The molecule has 1 aromatic rings. The summed E-state index contributed by atoms with van der Waals surface area (Å²) in [5, 5.41) is 17.1. The zero-order valence-electron chi connectivity index (χ0n) is 6.92. The minimum absolute atomic E-state index is 0.0819. The molecule has 0 heterocycles. The molecule has 0 atom stereocenters. The summed E-state index contributed by atoms with van der Waals surface area (Å²) in [6, 6.07) is 3.95. The third-order valence-electron chi connectivity index (χ3n) is 1.57. The highest BCUT2D eigenvalue weighted by atomic mass is 35.5. The van der Waals surface area contributed by atoms with Crippen LogP contribution in [0.1, 0.15) is 11.1 Å². The van der Waals surface area contributed by atoms with Crippen molar-refractivity contribution < 1.29 is 14.3 Å². The quantitative estimate of drug-likeness (QED) is 0.817. The second kappa shape index (κ2) is 4.07. The summed E-state index contributed by atoms with van der Waals surface area (Å²) < 4.78 is 13.3. The van der Waals surface area contributed by atoms with Gasteiger partial charge in [-0.25, -0.2) is 4.39 Å². The van der Waals surface area contributed by atoms with Crippen molar-refractivity contribution in [2.75, 3.05) is 0 Å². The van der Waals surface area contributed by atoms with Crippen LogP contribution in [0.2, 0.25) is 5.02 Å². The van der Waals surface area contributed by atoms with Crippen molar-refractivity contribution in [2.24, 2.45) is 0 Å². The van der Waals surface area contributed by atoms with Gasteiger partial charge in [0.1, 0.15) is 11.9 Å². The summed E-state index contributed by atoms with van der Waals surface area (Å²) in [6.45, 7) is 0. The highest BCUT2D eigenvalue weighted by Crippen LogP contribution is 2.19. The van der Waals surface area contributed by atoms with E-state index in [-0.39, 0.29) is 16.1 Å². The van der Waals surface area contributed by atoms with E-state index in [0.29, 0.717) is 0 Å². The number of carboxylic acids is 1. The standard InChI is InChI=1S/C9H5ClFNO2/c10-7-1-5(3-8(13)14)9(11)6(2-7)4-12/h1-2H,3H2,(H,13,14). The van der Waals surface area contributed by atoms with Gasteiger partial charge in [0.05, 0.1) is 12.0 Å². The molecule has 14 heavy (non-hydrogen) atoms. The van der Waals surface area contributed by atoms with Gasteiger partial charge in [-0.1, -0.05) is 11.6 Å². The number of benzene rings is 1. The number of hydrogen-bond donors (Lipinski definition) is 1. The SMILES string of the molecule is N#Cc1cc(Cl)cc(CC(=O)O)c1F. The Hall–Kier alpha value is -1.60. The molecule has 0 bridgehead atoms. The Balaban J connectivity index is 3.23. The number of carbonyl (C=O) groups is 1. The van der Waals surface area contributed by atoms with Gasteiger partial charge in [-0.15, -0.1) is 0 Å². The summed E-state index contributed by atoms with van der Waals surface area (Å²) in [5.41, 5.74) is -0.324. The lowest BCUT2D eigenvalue weighted by molar-refractivity contribution is -0.136. The molecule has 0 aromatic heterocycles. The number of nitriles is 1. The van der Waals surface area contributed by atoms with Crippen LogP contribution >= 0.6 is 11.6 Å². The minimum atomic E-state index is -1.17. The molecule has 0 saturated heterocycles. The average Bonchev–Trinajstić information content (AvgIpc) is 2.09. The number of rotatable bonds is 2. The van der Waals surface area contributed by atoms with Crippen LogP contribution in [0.15, 0.2) is 12.1 Å². The maximum atomic E-state index is 13.3. The molecule has 0 aliphatic rings. The molecule has 0 radical (unpaired) electrons. The van der Waals surface area contributed by atoms with Crippen molar-refractivity contribution in [3.05, 3.63) is 34.1 Å². The summed E-state index contributed by atoms with van der Waals surface area (Å²) in [4.78, 5) is 10.3. The Labute approximate surface area is 84.3 Å². The third-order valence-corrected chi connectivity index (χ3v) is 1.79. The molecular weight excluding hydrogens is 209 g/mol. The van der Waals surface area contributed by atoms with Gasteiger partial charge in [0.15, 0.2) is 0 Å². The number of carboxylic acid groups (broad SMARTS) is 1. The number of nitrogens with zero attached hydrogens (tertiary/aromatic N) is 1. The van der Waals surface area contributed by atoms with Crippen LogP contribution in [0.5, 0.6) is 0 Å². The average molecular weight is 214 g/mol. The van der Waals surface area contributed by atoms with Crippen molar-refractivity contribution in [1.82, 2.24) is 0 Å². The van der Waals surface area contributed by atoms with E-state index in [1.807, 2.05) is 0 Å². The lowest BCUT2D eigenvalue weighted by atomic mass is 10.1. The van der Waals surface area contributed by atoms with Crippen LogP contribution in [0.25, 0.3) is 0 Å². The Morgan fingerprint density at radius 1 is 1.64 bits per heavy atom. The molecule has 72 valence electrons. The first-order chi connectivity index (χ1) is 6.54. The monoisotopic (exact) mass is 213 g/mol. The molecule has 1 rings (SSSR count).